The largest absolute Gasteiger partial charge is 0.465 e. The lowest BCUT2D eigenvalue weighted by atomic mass is 10.3. The first kappa shape index (κ1) is 14.1. The van der Waals surface area contributed by atoms with Crippen LogP contribution < -0.4 is 5.32 Å². The molecule has 0 atom stereocenters. The molecule has 1 amide bonds. The highest BCUT2D eigenvalue weighted by atomic mass is 35.5. The second-order valence-electron chi connectivity index (χ2n) is 4.07. The quantitative estimate of drug-likeness (QED) is 0.694. The smallest absolute Gasteiger partial charge is 0.250 e. The Hall–Kier alpha value is -1.82. The molecule has 4 nitrogen and oxygen atoms in total. The predicted molar refractivity (Wildman–Crippen MR) is 86.0 cm³/mol. The molecule has 1 N–H and O–H groups in total. The van der Waals surface area contributed by atoms with E-state index >= 15 is 0 Å². The molecule has 0 aliphatic heterocycles. The summed E-state index contributed by atoms with van der Waals surface area (Å²) in [5.74, 6) is 0.303. The van der Waals surface area contributed by atoms with Gasteiger partial charge in [0.05, 0.1) is 21.0 Å². The van der Waals surface area contributed by atoms with Gasteiger partial charge >= 0.3 is 0 Å². The number of amides is 1. The van der Waals surface area contributed by atoms with Gasteiger partial charge in [-0.3, -0.25) is 10.1 Å². The van der Waals surface area contributed by atoms with E-state index in [2.05, 4.69) is 10.3 Å². The van der Waals surface area contributed by atoms with Crippen molar-refractivity contribution < 1.29 is 9.21 Å². The standard InChI is InChI=1S/C14H8Cl2N2O2S/c15-9-4-5-10-13(12(9)16)18-14(21-10)17-11(19)6-3-8-2-1-7-20-8/h1-7H,(H,17,18,19)/b6-3+. The molecule has 21 heavy (non-hydrogen) atoms. The van der Waals surface area contributed by atoms with E-state index in [0.29, 0.717) is 26.5 Å². The zero-order valence-corrected chi connectivity index (χ0v) is 12.8. The van der Waals surface area contributed by atoms with Crippen LogP contribution in [-0.4, -0.2) is 10.9 Å². The third-order valence-corrected chi connectivity index (χ3v) is 4.35. The van der Waals surface area contributed by atoms with Crippen molar-refractivity contribution >= 4 is 61.9 Å². The summed E-state index contributed by atoms with van der Waals surface area (Å²) in [4.78, 5) is 16.1. The molecular weight excluding hydrogens is 331 g/mol. The van der Waals surface area contributed by atoms with Crippen LogP contribution in [0.15, 0.2) is 41.0 Å². The van der Waals surface area contributed by atoms with Crippen molar-refractivity contribution in [3.8, 4) is 0 Å². The fraction of sp³-hybridized carbons (Fsp3) is 0. The first-order valence-electron chi connectivity index (χ1n) is 5.90. The lowest BCUT2D eigenvalue weighted by Crippen LogP contribution is -2.07. The number of aromatic nitrogens is 1. The van der Waals surface area contributed by atoms with E-state index in [1.165, 1.54) is 23.7 Å². The molecule has 3 rings (SSSR count). The zero-order chi connectivity index (χ0) is 14.8. The van der Waals surface area contributed by atoms with Crippen molar-refractivity contribution in [2.45, 2.75) is 0 Å². The maximum atomic E-state index is 11.8. The van der Waals surface area contributed by atoms with E-state index in [9.17, 15) is 4.79 Å². The maximum absolute atomic E-state index is 11.8. The normalized spacial score (nSPS) is 11.3. The third-order valence-electron chi connectivity index (χ3n) is 2.62. The number of hydrogen-bond donors (Lipinski definition) is 1. The van der Waals surface area contributed by atoms with Gasteiger partial charge in [0.25, 0.3) is 0 Å². The SMILES string of the molecule is O=C(/C=C/c1ccco1)Nc1nc2c(Cl)c(Cl)ccc2s1. The molecule has 106 valence electrons. The minimum atomic E-state index is -0.298. The molecule has 0 fully saturated rings. The van der Waals surface area contributed by atoms with E-state index in [0.717, 1.165) is 4.70 Å². The van der Waals surface area contributed by atoms with Crippen LogP contribution in [0.25, 0.3) is 16.3 Å². The number of fused-ring (bicyclic) bond motifs is 1. The van der Waals surface area contributed by atoms with Crippen LogP contribution in [0.4, 0.5) is 5.13 Å². The van der Waals surface area contributed by atoms with Gasteiger partial charge in [0.2, 0.25) is 5.91 Å². The molecule has 1 aromatic carbocycles. The Morgan fingerprint density at radius 2 is 2.19 bits per heavy atom. The molecule has 0 bridgehead atoms. The number of hydrogen-bond acceptors (Lipinski definition) is 4. The summed E-state index contributed by atoms with van der Waals surface area (Å²) < 4.78 is 5.96. The number of halogens is 2. The molecule has 0 aliphatic carbocycles. The van der Waals surface area contributed by atoms with Crippen molar-refractivity contribution in [3.63, 3.8) is 0 Å². The molecule has 3 aromatic rings. The molecule has 0 spiro atoms. The van der Waals surface area contributed by atoms with Gasteiger partial charge < -0.3 is 4.42 Å². The van der Waals surface area contributed by atoms with Gasteiger partial charge in [-0.15, -0.1) is 0 Å². The summed E-state index contributed by atoms with van der Waals surface area (Å²) in [6.45, 7) is 0. The molecule has 0 saturated heterocycles. The van der Waals surface area contributed by atoms with Crippen LogP contribution >= 0.6 is 34.5 Å². The average molecular weight is 339 g/mol. The molecular formula is C14H8Cl2N2O2S. The van der Waals surface area contributed by atoms with Crippen molar-refractivity contribution in [2.75, 3.05) is 5.32 Å². The Labute approximate surface area is 134 Å². The molecule has 0 saturated carbocycles. The maximum Gasteiger partial charge on any atom is 0.250 e. The van der Waals surface area contributed by atoms with Gasteiger partial charge in [-0.25, -0.2) is 4.98 Å². The summed E-state index contributed by atoms with van der Waals surface area (Å²) in [6.07, 6.45) is 4.49. The molecule has 0 unspecified atom stereocenters. The van der Waals surface area contributed by atoms with Gasteiger partial charge in [0, 0.05) is 6.08 Å². The molecule has 0 aliphatic rings. The van der Waals surface area contributed by atoms with Crippen LogP contribution in [0.2, 0.25) is 10.0 Å². The number of anilines is 1. The highest BCUT2D eigenvalue weighted by Gasteiger charge is 2.11. The van der Waals surface area contributed by atoms with E-state index in [1.54, 1.807) is 24.3 Å². The van der Waals surface area contributed by atoms with E-state index in [-0.39, 0.29) is 5.91 Å². The van der Waals surface area contributed by atoms with Crippen LogP contribution in [0.3, 0.4) is 0 Å². The highest BCUT2D eigenvalue weighted by Crippen LogP contribution is 2.35. The minimum Gasteiger partial charge on any atom is -0.465 e. The number of nitrogens with zero attached hydrogens (tertiary/aromatic N) is 1. The molecule has 2 aromatic heterocycles. The summed E-state index contributed by atoms with van der Waals surface area (Å²) in [7, 11) is 0. The van der Waals surface area contributed by atoms with Gasteiger partial charge in [-0.05, 0) is 30.3 Å². The Morgan fingerprint density at radius 3 is 2.95 bits per heavy atom. The highest BCUT2D eigenvalue weighted by molar-refractivity contribution is 7.22. The Morgan fingerprint density at radius 1 is 1.33 bits per heavy atom. The molecule has 0 radical (unpaired) electrons. The topological polar surface area (TPSA) is 55.1 Å². The monoisotopic (exact) mass is 338 g/mol. The lowest BCUT2D eigenvalue weighted by molar-refractivity contribution is -0.111. The second kappa shape index (κ2) is 5.89. The van der Waals surface area contributed by atoms with Crippen molar-refractivity contribution in [1.82, 2.24) is 4.98 Å². The number of thiazole rings is 1. The number of furan rings is 1. The summed E-state index contributed by atoms with van der Waals surface area (Å²) in [5, 5.41) is 3.96. The number of rotatable bonds is 3. The lowest BCUT2D eigenvalue weighted by Gasteiger charge is -1.95. The fourth-order valence-electron chi connectivity index (χ4n) is 1.68. The van der Waals surface area contributed by atoms with Crippen LogP contribution in [-0.2, 0) is 4.79 Å². The number of carbonyl (C=O) groups is 1. The van der Waals surface area contributed by atoms with E-state index < -0.39 is 0 Å². The van der Waals surface area contributed by atoms with Gasteiger partial charge in [0.15, 0.2) is 5.13 Å². The Balaban J connectivity index is 1.79. The van der Waals surface area contributed by atoms with Crippen molar-refractivity contribution in [3.05, 3.63) is 52.4 Å². The van der Waals surface area contributed by atoms with Crippen molar-refractivity contribution in [2.24, 2.45) is 0 Å². The van der Waals surface area contributed by atoms with Crippen LogP contribution in [0.1, 0.15) is 5.76 Å². The summed E-state index contributed by atoms with van der Waals surface area (Å²) in [5.41, 5.74) is 0.583. The first-order chi connectivity index (χ1) is 10.1. The summed E-state index contributed by atoms with van der Waals surface area (Å²) in [6, 6.07) is 7.02. The van der Waals surface area contributed by atoms with E-state index in [1.807, 2.05) is 6.07 Å². The van der Waals surface area contributed by atoms with Gasteiger partial charge in [-0.2, -0.15) is 0 Å². The van der Waals surface area contributed by atoms with Gasteiger partial charge in [-0.1, -0.05) is 34.5 Å². The predicted octanol–water partition coefficient (Wildman–Crippen LogP) is 4.85. The van der Waals surface area contributed by atoms with Gasteiger partial charge in [0.1, 0.15) is 11.3 Å². The Kier molecular flexibility index (Phi) is 3.96. The number of benzene rings is 1. The first-order valence-corrected chi connectivity index (χ1v) is 7.48. The molecule has 7 heteroatoms. The van der Waals surface area contributed by atoms with E-state index in [4.69, 9.17) is 27.6 Å². The number of carbonyl (C=O) groups excluding carboxylic acids is 1. The third kappa shape index (κ3) is 3.10. The molecule has 2 heterocycles. The fourth-order valence-corrected chi connectivity index (χ4v) is 2.97. The van der Waals surface area contributed by atoms with Crippen LogP contribution in [0, 0.1) is 0 Å². The minimum absolute atomic E-state index is 0.298. The zero-order valence-electron chi connectivity index (χ0n) is 10.5. The summed E-state index contributed by atoms with van der Waals surface area (Å²) >= 11 is 13.3. The van der Waals surface area contributed by atoms with Crippen LogP contribution in [0.5, 0.6) is 0 Å². The van der Waals surface area contributed by atoms with Crippen molar-refractivity contribution in [1.29, 1.82) is 0 Å². The number of nitrogens with one attached hydrogen (secondary N) is 1. The average Bonchev–Trinajstić information content (AvgIpc) is 3.10. The Bertz CT molecular complexity index is 825. The second-order valence-corrected chi connectivity index (χ2v) is 5.88.